The molecule has 0 bridgehead atoms. The van der Waals surface area contributed by atoms with Crippen molar-refractivity contribution >= 4 is 11.4 Å². The molecule has 20 heavy (non-hydrogen) atoms. The highest BCUT2D eigenvalue weighted by atomic mass is 16.6. The lowest BCUT2D eigenvalue weighted by atomic mass is 9.95. The maximum atomic E-state index is 11.3. The number of aliphatic hydroxyl groups excluding tert-OH is 1. The highest BCUT2D eigenvalue weighted by Crippen LogP contribution is 2.35. The Bertz CT molecular complexity index is 500. The fourth-order valence-corrected chi connectivity index (χ4v) is 2.76. The predicted molar refractivity (Wildman–Crippen MR) is 78.9 cm³/mol. The molecule has 1 aromatic carbocycles. The van der Waals surface area contributed by atoms with E-state index in [2.05, 4.69) is 18.7 Å². The molecule has 1 fully saturated rings. The van der Waals surface area contributed by atoms with Gasteiger partial charge in [-0.25, -0.2) is 0 Å². The van der Waals surface area contributed by atoms with Gasteiger partial charge in [-0.15, -0.1) is 0 Å². The van der Waals surface area contributed by atoms with Crippen molar-refractivity contribution in [1.82, 2.24) is 0 Å². The molecule has 110 valence electrons. The Morgan fingerprint density at radius 1 is 1.40 bits per heavy atom. The third kappa shape index (κ3) is 2.93. The predicted octanol–water partition coefficient (Wildman–Crippen LogP) is 3.13. The van der Waals surface area contributed by atoms with E-state index in [4.69, 9.17) is 0 Å². The molecule has 5 nitrogen and oxygen atoms in total. The van der Waals surface area contributed by atoms with E-state index in [1.165, 1.54) is 6.07 Å². The van der Waals surface area contributed by atoms with E-state index in [-0.39, 0.29) is 10.6 Å². The number of anilines is 1. The van der Waals surface area contributed by atoms with E-state index in [0.717, 1.165) is 19.5 Å². The molecule has 1 saturated heterocycles. The monoisotopic (exact) mass is 278 g/mol. The molecule has 1 N–H and O–H groups in total. The number of nitro groups is 1. The first kappa shape index (κ1) is 14.8. The third-order valence-electron chi connectivity index (χ3n) is 4.19. The number of benzene rings is 1. The zero-order valence-corrected chi connectivity index (χ0v) is 12.2. The van der Waals surface area contributed by atoms with Crippen LogP contribution in [0.25, 0.3) is 0 Å². The van der Waals surface area contributed by atoms with Gasteiger partial charge in [-0.05, 0) is 36.8 Å². The Labute approximate surface area is 119 Å². The molecule has 1 unspecified atom stereocenters. The number of nitro benzene ring substituents is 1. The van der Waals surface area contributed by atoms with Crippen LogP contribution < -0.4 is 4.90 Å². The first-order valence-electron chi connectivity index (χ1n) is 7.11. The fraction of sp³-hybridized carbons (Fsp3) is 0.600. The van der Waals surface area contributed by atoms with Crippen molar-refractivity contribution in [3.05, 3.63) is 33.9 Å². The summed E-state index contributed by atoms with van der Waals surface area (Å²) in [7, 11) is 0. The summed E-state index contributed by atoms with van der Waals surface area (Å²) in [6.07, 6.45) is 0.386. The zero-order chi connectivity index (χ0) is 14.9. The quantitative estimate of drug-likeness (QED) is 0.678. The topological polar surface area (TPSA) is 66.6 Å². The van der Waals surface area contributed by atoms with Crippen LogP contribution in [0.2, 0.25) is 0 Å². The second-order valence-electron chi connectivity index (χ2n) is 5.92. The third-order valence-corrected chi connectivity index (χ3v) is 4.19. The van der Waals surface area contributed by atoms with Crippen molar-refractivity contribution in [2.45, 2.75) is 33.3 Å². The van der Waals surface area contributed by atoms with Crippen molar-refractivity contribution in [3.63, 3.8) is 0 Å². The van der Waals surface area contributed by atoms with Crippen LogP contribution in [0.3, 0.4) is 0 Å². The van der Waals surface area contributed by atoms with E-state index >= 15 is 0 Å². The van der Waals surface area contributed by atoms with Gasteiger partial charge in [-0.2, -0.15) is 0 Å². The van der Waals surface area contributed by atoms with E-state index in [1.54, 1.807) is 19.1 Å². The molecule has 1 heterocycles. The molecule has 1 aliphatic rings. The van der Waals surface area contributed by atoms with Crippen molar-refractivity contribution in [3.8, 4) is 0 Å². The minimum Gasteiger partial charge on any atom is -0.389 e. The van der Waals surface area contributed by atoms with Gasteiger partial charge in [0.25, 0.3) is 5.69 Å². The van der Waals surface area contributed by atoms with E-state index in [1.807, 2.05) is 0 Å². The summed E-state index contributed by atoms with van der Waals surface area (Å²) in [4.78, 5) is 13.0. The molecule has 0 radical (unpaired) electrons. The van der Waals surface area contributed by atoms with Crippen LogP contribution in [0.1, 0.15) is 38.9 Å². The van der Waals surface area contributed by atoms with Gasteiger partial charge in [0, 0.05) is 19.2 Å². The Morgan fingerprint density at radius 2 is 2.10 bits per heavy atom. The van der Waals surface area contributed by atoms with Crippen molar-refractivity contribution in [2.75, 3.05) is 18.0 Å². The second-order valence-corrected chi connectivity index (χ2v) is 5.92. The Kier molecular flexibility index (Phi) is 4.28. The average molecular weight is 278 g/mol. The highest BCUT2D eigenvalue weighted by Gasteiger charge is 2.29. The summed E-state index contributed by atoms with van der Waals surface area (Å²) in [6.45, 7) is 7.73. The Hall–Kier alpha value is -1.62. The summed E-state index contributed by atoms with van der Waals surface area (Å²) in [5.41, 5.74) is 1.34. The standard InChI is InChI=1S/C15H22N2O3/c1-10(2)13-6-7-16(9-13)14-5-4-12(11(3)18)8-15(14)17(19)20/h4-5,8,10-11,13,18H,6-7,9H2,1-3H3/t11-,13?/m0/s1. The Balaban J connectivity index is 2.30. The van der Waals surface area contributed by atoms with E-state index in [0.29, 0.717) is 23.1 Å². The number of nitrogens with zero attached hydrogens (tertiary/aromatic N) is 2. The number of aliphatic hydroxyl groups is 1. The fourth-order valence-electron chi connectivity index (χ4n) is 2.76. The minimum absolute atomic E-state index is 0.0906. The van der Waals surface area contributed by atoms with Gasteiger partial charge in [0.15, 0.2) is 0 Å². The molecule has 0 aromatic heterocycles. The van der Waals surface area contributed by atoms with Crippen LogP contribution in [0.15, 0.2) is 18.2 Å². The normalized spacial score (nSPS) is 20.4. The molecule has 0 saturated carbocycles. The van der Waals surface area contributed by atoms with Crippen molar-refractivity contribution < 1.29 is 10.0 Å². The van der Waals surface area contributed by atoms with Gasteiger partial charge in [0.2, 0.25) is 0 Å². The number of hydrogen-bond acceptors (Lipinski definition) is 4. The van der Waals surface area contributed by atoms with E-state index < -0.39 is 6.10 Å². The first-order valence-corrected chi connectivity index (χ1v) is 7.11. The molecule has 0 spiro atoms. The minimum atomic E-state index is -0.690. The molecule has 0 aliphatic carbocycles. The molecule has 2 rings (SSSR count). The van der Waals surface area contributed by atoms with E-state index in [9.17, 15) is 15.2 Å². The van der Waals surface area contributed by atoms with Gasteiger partial charge in [0.05, 0.1) is 11.0 Å². The zero-order valence-electron chi connectivity index (χ0n) is 12.2. The summed E-state index contributed by atoms with van der Waals surface area (Å²) in [6, 6.07) is 5.03. The van der Waals surface area contributed by atoms with Crippen LogP contribution in [0, 0.1) is 22.0 Å². The SMILES string of the molecule is CC(C)C1CCN(c2ccc([C@H](C)O)cc2[N+](=O)[O-])C1. The second kappa shape index (κ2) is 5.79. The molecule has 1 aromatic rings. The van der Waals surface area contributed by atoms with Crippen LogP contribution >= 0.6 is 0 Å². The summed E-state index contributed by atoms with van der Waals surface area (Å²) >= 11 is 0. The summed E-state index contributed by atoms with van der Waals surface area (Å²) in [5, 5.41) is 20.8. The number of hydrogen-bond donors (Lipinski definition) is 1. The first-order chi connectivity index (χ1) is 9.40. The molecule has 2 atom stereocenters. The molecular weight excluding hydrogens is 256 g/mol. The smallest absolute Gasteiger partial charge is 0.292 e. The maximum Gasteiger partial charge on any atom is 0.292 e. The lowest BCUT2D eigenvalue weighted by Crippen LogP contribution is -2.22. The van der Waals surface area contributed by atoms with Crippen LogP contribution in [-0.4, -0.2) is 23.1 Å². The summed E-state index contributed by atoms with van der Waals surface area (Å²) in [5.74, 6) is 1.18. The number of rotatable bonds is 4. The molecule has 5 heteroatoms. The highest BCUT2D eigenvalue weighted by molar-refractivity contribution is 5.65. The maximum absolute atomic E-state index is 11.3. The molecular formula is C15H22N2O3. The lowest BCUT2D eigenvalue weighted by Gasteiger charge is -2.20. The average Bonchev–Trinajstić information content (AvgIpc) is 2.87. The van der Waals surface area contributed by atoms with Crippen LogP contribution in [0.5, 0.6) is 0 Å². The van der Waals surface area contributed by atoms with Crippen LogP contribution in [0.4, 0.5) is 11.4 Å². The van der Waals surface area contributed by atoms with Gasteiger partial charge in [-0.3, -0.25) is 10.1 Å². The van der Waals surface area contributed by atoms with Gasteiger partial charge < -0.3 is 10.0 Å². The largest absolute Gasteiger partial charge is 0.389 e. The van der Waals surface area contributed by atoms with Gasteiger partial charge >= 0.3 is 0 Å². The summed E-state index contributed by atoms with van der Waals surface area (Å²) < 4.78 is 0. The van der Waals surface area contributed by atoms with Crippen molar-refractivity contribution in [1.29, 1.82) is 0 Å². The van der Waals surface area contributed by atoms with Gasteiger partial charge in [0.1, 0.15) is 5.69 Å². The van der Waals surface area contributed by atoms with Crippen molar-refractivity contribution in [2.24, 2.45) is 11.8 Å². The van der Waals surface area contributed by atoms with Gasteiger partial charge in [-0.1, -0.05) is 19.9 Å². The lowest BCUT2D eigenvalue weighted by molar-refractivity contribution is -0.384. The molecule has 0 amide bonds. The van der Waals surface area contributed by atoms with Crippen LogP contribution in [-0.2, 0) is 0 Å². The molecule has 1 aliphatic heterocycles. The Morgan fingerprint density at radius 3 is 2.60 bits per heavy atom.